The zero-order valence-electron chi connectivity index (χ0n) is 14.3. The van der Waals surface area contributed by atoms with Crippen LogP contribution in [-0.2, 0) is 12.8 Å². The van der Waals surface area contributed by atoms with Crippen molar-refractivity contribution in [3.63, 3.8) is 0 Å². The molecule has 2 aromatic rings. The van der Waals surface area contributed by atoms with Crippen molar-refractivity contribution < 1.29 is 14.5 Å². The van der Waals surface area contributed by atoms with Crippen LogP contribution in [0.25, 0.3) is 0 Å². The van der Waals surface area contributed by atoms with Gasteiger partial charge in [0, 0.05) is 29.1 Å². The van der Waals surface area contributed by atoms with E-state index in [9.17, 15) is 19.7 Å². The van der Waals surface area contributed by atoms with Crippen molar-refractivity contribution in [2.45, 2.75) is 32.6 Å². The van der Waals surface area contributed by atoms with Crippen LogP contribution in [0.1, 0.15) is 50.9 Å². The highest BCUT2D eigenvalue weighted by atomic mass is 32.1. The molecule has 7 nitrogen and oxygen atoms in total. The molecule has 0 fully saturated rings. The van der Waals surface area contributed by atoms with Gasteiger partial charge < -0.3 is 10.6 Å². The number of nitrogens with one attached hydrogen (secondary N) is 2. The van der Waals surface area contributed by atoms with E-state index < -0.39 is 4.92 Å². The summed E-state index contributed by atoms with van der Waals surface area (Å²) in [6.07, 6.45) is 3.87. The molecule has 0 radical (unpaired) electrons. The molecule has 26 heavy (non-hydrogen) atoms. The molecule has 1 aliphatic rings. The van der Waals surface area contributed by atoms with Crippen molar-refractivity contribution >= 4 is 33.8 Å². The lowest BCUT2D eigenvalue weighted by Gasteiger charge is -2.12. The van der Waals surface area contributed by atoms with Crippen LogP contribution >= 0.6 is 11.3 Å². The molecule has 0 spiro atoms. The summed E-state index contributed by atoms with van der Waals surface area (Å²) in [6.45, 7) is 2.37. The molecule has 1 heterocycles. The Kier molecular flexibility index (Phi) is 5.32. The molecule has 2 N–H and O–H groups in total. The Bertz CT molecular complexity index is 858. The lowest BCUT2D eigenvalue weighted by Crippen LogP contribution is -2.25. The number of nitro groups is 1. The molecule has 0 aliphatic heterocycles. The first-order chi connectivity index (χ1) is 12.5. The number of nitro benzene ring substituents is 1. The number of non-ortho nitro benzene ring substituents is 1. The number of thiophene rings is 1. The summed E-state index contributed by atoms with van der Waals surface area (Å²) >= 11 is 1.45. The molecule has 0 atom stereocenters. The largest absolute Gasteiger partial charge is 0.352 e. The zero-order chi connectivity index (χ0) is 18.7. The number of rotatable bonds is 5. The third-order valence-corrected chi connectivity index (χ3v) is 5.51. The van der Waals surface area contributed by atoms with Gasteiger partial charge in [-0.1, -0.05) is 0 Å². The zero-order valence-corrected chi connectivity index (χ0v) is 15.1. The van der Waals surface area contributed by atoms with E-state index in [2.05, 4.69) is 10.6 Å². The summed E-state index contributed by atoms with van der Waals surface area (Å²) in [5, 5.41) is 16.9. The smallest absolute Gasteiger partial charge is 0.269 e. The average molecular weight is 373 g/mol. The Balaban J connectivity index is 1.88. The molecule has 0 saturated carbocycles. The summed E-state index contributed by atoms with van der Waals surface area (Å²) in [5.41, 5.74) is 1.83. The maximum atomic E-state index is 12.5. The van der Waals surface area contributed by atoms with Gasteiger partial charge in [-0.15, -0.1) is 11.3 Å². The fourth-order valence-corrected chi connectivity index (χ4v) is 4.33. The predicted molar refractivity (Wildman–Crippen MR) is 100 cm³/mol. The van der Waals surface area contributed by atoms with Gasteiger partial charge in [-0.05, 0) is 50.3 Å². The van der Waals surface area contributed by atoms with Crippen molar-refractivity contribution in [1.29, 1.82) is 0 Å². The lowest BCUT2D eigenvalue weighted by atomic mass is 9.95. The van der Waals surface area contributed by atoms with E-state index in [1.807, 2.05) is 6.92 Å². The number of fused-ring (bicyclic) bond motifs is 1. The number of anilines is 1. The summed E-state index contributed by atoms with van der Waals surface area (Å²) in [5.74, 6) is -0.560. The molecule has 136 valence electrons. The quantitative estimate of drug-likeness (QED) is 0.618. The lowest BCUT2D eigenvalue weighted by molar-refractivity contribution is -0.384. The minimum Gasteiger partial charge on any atom is -0.352 e. The molecule has 1 aliphatic carbocycles. The van der Waals surface area contributed by atoms with Gasteiger partial charge in [-0.25, -0.2) is 0 Å². The van der Waals surface area contributed by atoms with E-state index in [-0.39, 0.29) is 17.5 Å². The van der Waals surface area contributed by atoms with E-state index in [1.54, 1.807) is 0 Å². The van der Waals surface area contributed by atoms with E-state index in [0.717, 1.165) is 36.1 Å². The third-order valence-electron chi connectivity index (χ3n) is 4.30. The summed E-state index contributed by atoms with van der Waals surface area (Å²) in [6, 6.07) is 5.40. The number of hydrogen-bond donors (Lipinski definition) is 2. The van der Waals surface area contributed by atoms with Gasteiger partial charge in [0.1, 0.15) is 5.00 Å². The predicted octanol–water partition coefficient (Wildman–Crippen LogP) is 3.54. The van der Waals surface area contributed by atoms with Gasteiger partial charge in [-0.2, -0.15) is 0 Å². The minimum absolute atomic E-state index is 0.0730. The van der Waals surface area contributed by atoms with Gasteiger partial charge in [0.05, 0.1) is 10.5 Å². The van der Waals surface area contributed by atoms with Crippen LogP contribution in [0.2, 0.25) is 0 Å². The average Bonchev–Trinajstić information content (AvgIpc) is 2.99. The second-order valence-electron chi connectivity index (χ2n) is 6.03. The standard InChI is InChI=1S/C18H19N3O4S/c1-2-19-17(23)15-13-5-3-4-6-14(13)26-18(15)20-16(22)11-7-9-12(10-8-11)21(24)25/h7-10H,2-6H2,1H3,(H,19,23)(H,20,22). The van der Waals surface area contributed by atoms with Crippen molar-refractivity contribution in [3.8, 4) is 0 Å². The Morgan fingerprint density at radius 2 is 1.85 bits per heavy atom. The van der Waals surface area contributed by atoms with Crippen molar-refractivity contribution in [2.24, 2.45) is 0 Å². The SMILES string of the molecule is CCNC(=O)c1c(NC(=O)c2ccc([N+](=O)[O-])cc2)sc2c1CCCC2. The highest BCUT2D eigenvalue weighted by Crippen LogP contribution is 2.38. The van der Waals surface area contributed by atoms with Crippen LogP contribution in [0.5, 0.6) is 0 Å². The first kappa shape index (κ1) is 18.1. The highest BCUT2D eigenvalue weighted by Gasteiger charge is 2.26. The Labute approximate surface area is 154 Å². The van der Waals surface area contributed by atoms with Gasteiger partial charge in [-0.3, -0.25) is 19.7 Å². The summed E-state index contributed by atoms with van der Waals surface area (Å²) < 4.78 is 0. The Hall–Kier alpha value is -2.74. The Morgan fingerprint density at radius 1 is 1.15 bits per heavy atom. The van der Waals surface area contributed by atoms with E-state index in [4.69, 9.17) is 0 Å². The number of hydrogen-bond acceptors (Lipinski definition) is 5. The molecule has 8 heteroatoms. The van der Waals surface area contributed by atoms with Crippen LogP contribution in [0, 0.1) is 10.1 Å². The second-order valence-corrected chi connectivity index (χ2v) is 7.14. The molecule has 0 unspecified atom stereocenters. The minimum atomic E-state index is -0.512. The van der Waals surface area contributed by atoms with Crippen molar-refractivity contribution in [3.05, 3.63) is 55.9 Å². The van der Waals surface area contributed by atoms with Gasteiger partial charge in [0.25, 0.3) is 17.5 Å². The topological polar surface area (TPSA) is 101 Å². The molecule has 0 bridgehead atoms. The molecule has 1 aromatic heterocycles. The fraction of sp³-hybridized carbons (Fsp3) is 0.333. The van der Waals surface area contributed by atoms with Crippen LogP contribution in [0.4, 0.5) is 10.7 Å². The summed E-state index contributed by atoms with van der Waals surface area (Å²) in [4.78, 5) is 36.4. The molecule has 1 aromatic carbocycles. The van der Waals surface area contributed by atoms with Crippen LogP contribution < -0.4 is 10.6 Å². The van der Waals surface area contributed by atoms with Crippen LogP contribution in [-0.4, -0.2) is 23.3 Å². The van der Waals surface area contributed by atoms with Gasteiger partial charge in [0.2, 0.25) is 0 Å². The van der Waals surface area contributed by atoms with Crippen molar-refractivity contribution in [1.82, 2.24) is 5.32 Å². The van der Waals surface area contributed by atoms with E-state index >= 15 is 0 Å². The van der Waals surface area contributed by atoms with Crippen LogP contribution in [0.3, 0.4) is 0 Å². The first-order valence-corrected chi connectivity index (χ1v) is 9.31. The number of carbonyl (C=O) groups is 2. The van der Waals surface area contributed by atoms with Gasteiger partial charge in [0.15, 0.2) is 0 Å². The van der Waals surface area contributed by atoms with E-state index in [0.29, 0.717) is 22.7 Å². The molecule has 0 saturated heterocycles. The Morgan fingerprint density at radius 3 is 2.50 bits per heavy atom. The van der Waals surface area contributed by atoms with E-state index in [1.165, 1.54) is 35.6 Å². The number of amides is 2. The molecular formula is C18H19N3O4S. The monoisotopic (exact) mass is 373 g/mol. The van der Waals surface area contributed by atoms with Crippen molar-refractivity contribution in [2.75, 3.05) is 11.9 Å². The number of aryl methyl sites for hydroxylation is 1. The normalized spacial score (nSPS) is 13.0. The fourth-order valence-electron chi connectivity index (χ4n) is 3.05. The number of carbonyl (C=O) groups excluding carboxylic acids is 2. The maximum absolute atomic E-state index is 12.5. The molecule has 2 amide bonds. The number of nitrogens with zero attached hydrogens (tertiary/aromatic N) is 1. The first-order valence-electron chi connectivity index (χ1n) is 8.49. The van der Waals surface area contributed by atoms with Crippen LogP contribution in [0.15, 0.2) is 24.3 Å². The maximum Gasteiger partial charge on any atom is 0.269 e. The molecular weight excluding hydrogens is 354 g/mol. The number of benzene rings is 1. The highest BCUT2D eigenvalue weighted by molar-refractivity contribution is 7.17. The third kappa shape index (κ3) is 3.60. The van der Waals surface area contributed by atoms with Gasteiger partial charge >= 0.3 is 0 Å². The summed E-state index contributed by atoms with van der Waals surface area (Å²) in [7, 11) is 0. The molecule has 3 rings (SSSR count). The second kappa shape index (κ2) is 7.65.